The van der Waals surface area contributed by atoms with Crippen LogP contribution in [0.2, 0.25) is 0 Å². The van der Waals surface area contributed by atoms with Gasteiger partial charge in [-0.2, -0.15) is 0 Å². The van der Waals surface area contributed by atoms with E-state index in [4.69, 9.17) is 0 Å². The maximum atomic E-state index is 10.1. The van der Waals surface area contributed by atoms with Crippen LogP contribution in [0.25, 0.3) is 10.1 Å². The molecule has 2 aromatic heterocycles. The van der Waals surface area contributed by atoms with Crippen LogP contribution in [0.1, 0.15) is 17.4 Å². The van der Waals surface area contributed by atoms with Gasteiger partial charge in [-0.25, -0.2) is 9.97 Å². The van der Waals surface area contributed by atoms with Crippen LogP contribution in [-0.4, -0.2) is 15.1 Å². The van der Waals surface area contributed by atoms with Crippen molar-refractivity contribution in [1.82, 2.24) is 9.97 Å². The molecule has 0 saturated carbocycles. The zero-order valence-electron chi connectivity index (χ0n) is 11.7. The molecular weight excluding hydrogens is 284 g/mol. The molecule has 0 aliphatic rings. The van der Waals surface area contributed by atoms with Crippen LogP contribution >= 0.6 is 11.3 Å². The monoisotopic (exact) mass is 298 g/mol. The molecule has 0 fully saturated rings. The first kappa shape index (κ1) is 13.6. The number of phenols is 1. The lowest BCUT2D eigenvalue weighted by Gasteiger charge is -2.05. The quantitative estimate of drug-likeness (QED) is 0.713. The van der Waals surface area contributed by atoms with Crippen molar-refractivity contribution in [3.8, 4) is 5.75 Å². The van der Waals surface area contributed by atoms with Crippen molar-refractivity contribution in [2.45, 2.75) is 20.3 Å². The van der Waals surface area contributed by atoms with Gasteiger partial charge in [0.25, 0.3) is 0 Å². The molecule has 21 heavy (non-hydrogen) atoms. The Morgan fingerprint density at radius 2 is 2.14 bits per heavy atom. The summed E-state index contributed by atoms with van der Waals surface area (Å²) in [5.74, 6) is 0.814. The average molecular weight is 298 g/mol. The van der Waals surface area contributed by atoms with E-state index in [1.54, 1.807) is 29.7 Å². The molecule has 0 radical (unpaired) electrons. The standard InChI is InChI=1S/C15H14N4OS/c1-3-10-7-12(20)11-6-9(2)21-15(11)14(10)19-18-13-4-5-16-8-17-13/h4-8,20H,3H2,1-2H3/b19-18+. The lowest BCUT2D eigenvalue weighted by atomic mass is 10.1. The molecule has 0 saturated heterocycles. The second-order valence-corrected chi connectivity index (χ2v) is 5.88. The second kappa shape index (κ2) is 5.57. The Hall–Kier alpha value is -2.34. The molecule has 5 nitrogen and oxygen atoms in total. The number of hydrogen-bond acceptors (Lipinski definition) is 6. The number of aromatic hydroxyl groups is 1. The summed E-state index contributed by atoms with van der Waals surface area (Å²) in [6.07, 6.45) is 3.85. The highest BCUT2D eigenvalue weighted by Crippen LogP contribution is 2.42. The third kappa shape index (κ3) is 2.62. The minimum Gasteiger partial charge on any atom is -0.507 e. The third-order valence-electron chi connectivity index (χ3n) is 3.16. The van der Waals surface area contributed by atoms with Crippen molar-refractivity contribution in [3.63, 3.8) is 0 Å². The van der Waals surface area contributed by atoms with E-state index in [-0.39, 0.29) is 0 Å². The van der Waals surface area contributed by atoms with E-state index < -0.39 is 0 Å². The summed E-state index contributed by atoms with van der Waals surface area (Å²) in [5.41, 5.74) is 1.78. The van der Waals surface area contributed by atoms with Gasteiger partial charge in [0, 0.05) is 22.5 Å². The molecule has 1 aromatic carbocycles. The highest BCUT2D eigenvalue weighted by atomic mass is 32.1. The van der Waals surface area contributed by atoms with Gasteiger partial charge < -0.3 is 5.11 Å². The van der Waals surface area contributed by atoms with Gasteiger partial charge in [0.2, 0.25) is 0 Å². The lowest BCUT2D eigenvalue weighted by molar-refractivity contribution is 0.481. The first-order valence-corrected chi connectivity index (χ1v) is 7.43. The number of benzene rings is 1. The van der Waals surface area contributed by atoms with E-state index in [9.17, 15) is 5.11 Å². The van der Waals surface area contributed by atoms with E-state index in [1.807, 2.05) is 19.9 Å². The fourth-order valence-corrected chi connectivity index (χ4v) is 3.20. The first-order chi connectivity index (χ1) is 10.2. The van der Waals surface area contributed by atoms with E-state index in [0.717, 1.165) is 32.6 Å². The molecule has 0 bridgehead atoms. The van der Waals surface area contributed by atoms with E-state index in [0.29, 0.717) is 11.6 Å². The lowest BCUT2D eigenvalue weighted by Crippen LogP contribution is -1.82. The maximum absolute atomic E-state index is 10.1. The number of aromatic nitrogens is 2. The van der Waals surface area contributed by atoms with Gasteiger partial charge in [0.1, 0.15) is 17.8 Å². The Labute approximate surface area is 126 Å². The highest BCUT2D eigenvalue weighted by Gasteiger charge is 2.13. The molecule has 3 aromatic rings. The Kier molecular flexibility index (Phi) is 3.62. The molecular formula is C15H14N4OS. The molecule has 106 valence electrons. The number of nitrogens with zero attached hydrogens (tertiary/aromatic N) is 4. The molecule has 0 aliphatic heterocycles. The molecule has 2 heterocycles. The van der Waals surface area contributed by atoms with Crippen molar-refractivity contribution in [2.24, 2.45) is 10.2 Å². The predicted octanol–water partition coefficient (Wildman–Crippen LogP) is 4.68. The van der Waals surface area contributed by atoms with Crippen LogP contribution in [0.15, 0.2) is 41.0 Å². The van der Waals surface area contributed by atoms with Gasteiger partial charge in [-0.1, -0.05) is 6.92 Å². The molecule has 0 atom stereocenters. The highest BCUT2D eigenvalue weighted by molar-refractivity contribution is 7.19. The SMILES string of the molecule is CCc1cc(O)c2cc(C)sc2c1/N=N/c1ccncn1. The zero-order valence-corrected chi connectivity index (χ0v) is 12.6. The number of thiophene rings is 1. The Bertz CT molecular complexity index is 811. The Balaban J connectivity index is 2.16. The normalized spacial score (nSPS) is 11.5. The number of phenolic OH excluding ortho intramolecular Hbond substituents is 1. The van der Waals surface area contributed by atoms with E-state index >= 15 is 0 Å². The van der Waals surface area contributed by atoms with Gasteiger partial charge in [0.05, 0.1) is 4.70 Å². The van der Waals surface area contributed by atoms with Crippen molar-refractivity contribution in [1.29, 1.82) is 0 Å². The van der Waals surface area contributed by atoms with E-state index in [2.05, 4.69) is 20.2 Å². The van der Waals surface area contributed by atoms with Crippen LogP contribution in [-0.2, 0) is 6.42 Å². The maximum Gasteiger partial charge on any atom is 0.177 e. The van der Waals surface area contributed by atoms with Crippen LogP contribution in [0.4, 0.5) is 11.5 Å². The number of azo groups is 1. The van der Waals surface area contributed by atoms with E-state index in [1.165, 1.54) is 6.33 Å². The molecule has 0 amide bonds. The minimum absolute atomic E-state index is 0.298. The van der Waals surface area contributed by atoms with Gasteiger partial charge in [-0.15, -0.1) is 21.6 Å². The predicted molar refractivity (Wildman–Crippen MR) is 83.8 cm³/mol. The molecule has 1 N–H and O–H groups in total. The Morgan fingerprint density at radius 3 is 2.86 bits per heavy atom. The van der Waals surface area contributed by atoms with Crippen molar-refractivity contribution in [2.75, 3.05) is 0 Å². The summed E-state index contributed by atoms with van der Waals surface area (Å²) < 4.78 is 0.960. The van der Waals surface area contributed by atoms with Crippen LogP contribution in [0, 0.1) is 6.92 Å². The third-order valence-corrected chi connectivity index (χ3v) is 4.22. The molecule has 0 spiro atoms. The summed E-state index contributed by atoms with van der Waals surface area (Å²) in [7, 11) is 0. The second-order valence-electron chi connectivity index (χ2n) is 4.62. The fraction of sp³-hybridized carbons (Fsp3) is 0.200. The van der Waals surface area contributed by atoms with Crippen molar-refractivity contribution in [3.05, 3.63) is 41.2 Å². The smallest absolute Gasteiger partial charge is 0.177 e. The Morgan fingerprint density at radius 1 is 1.29 bits per heavy atom. The van der Waals surface area contributed by atoms with Gasteiger partial charge in [-0.3, -0.25) is 0 Å². The molecule has 0 unspecified atom stereocenters. The first-order valence-electron chi connectivity index (χ1n) is 6.61. The van der Waals surface area contributed by atoms with Crippen LogP contribution < -0.4 is 0 Å². The topological polar surface area (TPSA) is 70.7 Å². The largest absolute Gasteiger partial charge is 0.507 e. The summed E-state index contributed by atoms with van der Waals surface area (Å²) in [6, 6.07) is 5.44. The number of rotatable bonds is 3. The average Bonchev–Trinajstić information content (AvgIpc) is 2.89. The number of aryl methyl sites for hydroxylation is 2. The summed E-state index contributed by atoms with van der Waals surface area (Å²) in [6.45, 7) is 4.05. The fourth-order valence-electron chi connectivity index (χ4n) is 2.16. The number of hydrogen-bond donors (Lipinski definition) is 1. The van der Waals surface area contributed by atoms with Gasteiger partial charge in [0.15, 0.2) is 5.82 Å². The molecule has 3 rings (SSSR count). The number of fused-ring (bicyclic) bond motifs is 1. The van der Waals surface area contributed by atoms with Crippen LogP contribution in [0.5, 0.6) is 5.75 Å². The van der Waals surface area contributed by atoms with Gasteiger partial charge in [-0.05, 0) is 31.0 Å². The minimum atomic E-state index is 0.298. The summed E-state index contributed by atoms with van der Waals surface area (Å²) in [5, 5.41) is 19.5. The summed E-state index contributed by atoms with van der Waals surface area (Å²) in [4.78, 5) is 9.02. The van der Waals surface area contributed by atoms with Gasteiger partial charge >= 0.3 is 0 Å². The van der Waals surface area contributed by atoms with Crippen molar-refractivity contribution < 1.29 is 5.11 Å². The summed E-state index contributed by atoms with van der Waals surface area (Å²) >= 11 is 1.61. The van der Waals surface area contributed by atoms with Crippen LogP contribution in [0.3, 0.4) is 0 Å². The van der Waals surface area contributed by atoms with Crippen molar-refractivity contribution >= 4 is 32.9 Å². The molecule has 6 heteroatoms. The molecule has 0 aliphatic carbocycles. The zero-order chi connectivity index (χ0) is 14.8.